The summed E-state index contributed by atoms with van der Waals surface area (Å²) >= 11 is 0. The molecule has 16 heavy (non-hydrogen) atoms. The number of fused-ring (bicyclic) bond motifs is 1. The summed E-state index contributed by atoms with van der Waals surface area (Å²) in [5, 5.41) is 0.939. The molecule has 1 aromatic heterocycles. The van der Waals surface area contributed by atoms with Crippen molar-refractivity contribution in [1.82, 2.24) is 4.73 Å². The molecule has 0 N–H and O–H groups in total. The predicted molar refractivity (Wildman–Crippen MR) is 63.7 cm³/mol. The molecule has 2 aromatic rings. The number of unbranched alkanes of at least 4 members (excludes halogenated alkanes) is 1. The molecular formula is C13H15NO2. The Labute approximate surface area is 94.6 Å². The van der Waals surface area contributed by atoms with Crippen molar-refractivity contribution in [1.29, 1.82) is 0 Å². The number of carbonyl (C=O) groups is 1. The van der Waals surface area contributed by atoms with E-state index in [1.165, 1.54) is 0 Å². The molecule has 0 spiro atoms. The van der Waals surface area contributed by atoms with Gasteiger partial charge in [-0.05, 0) is 12.5 Å². The molecule has 0 saturated heterocycles. The molecule has 0 atom stereocenters. The van der Waals surface area contributed by atoms with Crippen LogP contribution in [0.15, 0.2) is 30.5 Å². The number of nitrogens with zero attached hydrogens (tertiary/aromatic N) is 1. The minimum Gasteiger partial charge on any atom is -0.414 e. The maximum Gasteiger partial charge on any atom is 0.152 e. The second kappa shape index (κ2) is 4.84. The van der Waals surface area contributed by atoms with Crippen LogP contribution in [0.5, 0.6) is 0 Å². The van der Waals surface area contributed by atoms with Crippen molar-refractivity contribution in [2.24, 2.45) is 0 Å². The Morgan fingerprint density at radius 2 is 2.19 bits per heavy atom. The monoisotopic (exact) mass is 217 g/mol. The number of aromatic nitrogens is 1. The van der Waals surface area contributed by atoms with E-state index in [4.69, 9.17) is 4.84 Å². The lowest BCUT2D eigenvalue weighted by atomic mass is 10.2. The van der Waals surface area contributed by atoms with Crippen molar-refractivity contribution in [3.05, 3.63) is 36.0 Å². The van der Waals surface area contributed by atoms with E-state index in [1.807, 2.05) is 24.3 Å². The van der Waals surface area contributed by atoms with Crippen LogP contribution in [0.4, 0.5) is 0 Å². The van der Waals surface area contributed by atoms with E-state index in [2.05, 4.69) is 6.92 Å². The average molecular weight is 217 g/mol. The topological polar surface area (TPSA) is 31.2 Å². The highest BCUT2D eigenvalue weighted by atomic mass is 16.7. The molecule has 0 aliphatic heterocycles. The minimum atomic E-state index is 0.673. The third-order valence-corrected chi connectivity index (χ3v) is 2.56. The second-order valence-electron chi connectivity index (χ2n) is 3.73. The maximum absolute atomic E-state index is 10.9. The molecule has 3 nitrogen and oxygen atoms in total. The second-order valence-corrected chi connectivity index (χ2v) is 3.73. The molecule has 2 rings (SSSR count). The van der Waals surface area contributed by atoms with Crippen molar-refractivity contribution in [3.63, 3.8) is 0 Å². The quantitative estimate of drug-likeness (QED) is 0.569. The minimum absolute atomic E-state index is 0.673. The molecule has 1 heterocycles. The van der Waals surface area contributed by atoms with Gasteiger partial charge in [-0.15, -0.1) is 0 Å². The van der Waals surface area contributed by atoms with Gasteiger partial charge in [-0.3, -0.25) is 4.79 Å². The summed E-state index contributed by atoms with van der Waals surface area (Å²) < 4.78 is 1.69. The number of carbonyl (C=O) groups excluding carboxylic acids is 1. The molecule has 0 amide bonds. The highest BCUT2D eigenvalue weighted by Gasteiger charge is 2.07. The number of para-hydroxylation sites is 1. The molecule has 0 aliphatic rings. The Kier molecular flexibility index (Phi) is 3.25. The summed E-state index contributed by atoms with van der Waals surface area (Å²) in [6.45, 7) is 2.79. The van der Waals surface area contributed by atoms with Crippen LogP contribution in [0.25, 0.3) is 10.9 Å². The van der Waals surface area contributed by atoms with Gasteiger partial charge in [0, 0.05) is 10.9 Å². The van der Waals surface area contributed by atoms with Crippen molar-refractivity contribution < 1.29 is 9.63 Å². The first-order valence-corrected chi connectivity index (χ1v) is 5.55. The van der Waals surface area contributed by atoms with E-state index in [1.54, 1.807) is 10.9 Å². The van der Waals surface area contributed by atoms with Gasteiger partial charge < -0.3 is 4.84 Å². The van der Waals surface area contributed by atoms with Crippen molar-refractivity contribution in [3.8, 4) is 0 Å². The van der Waals surface area contributed by atoms with Crippen LogP contribution in [0.1, 0.15) is 30.1 Å². The number of hydrogen-bond acceptors (Lipinski definition) is 2. The van der Waals surface area contributed by atoms with Crippen molar-refractivity contribution >= 4 is 17.2 Å². The standard InChI is InChI=1S/C13H15NO2/c1-2-3-8-16-14-9-11(10-15)12-6-4-5-7-13(12)14/h4-7,9-10H,2-3,8H2,1H3. The van der Waals surface area contributed by atoms with Crippen LogP contribution in [-0.2, 0) is 0 Å². The SMILES string of the molecule is CCCCOn1cc(C=O)c2ccccc21. The van der Waals surface area contributed by atoms with E-state index in [9.17, 15) is 4.79 Å². The van der Waals surface area contributed by atoms with Crippen LogP contribution < -0.4 is 4.84 Å². The molecule has 0 saturated carbocycles. The zero-order valence-corrected chi connectivity index (χ0v) is 9.35. The van der Waals surface area contributed by atoms with Crippen molar-refractivity contribution in [2.75, 3.05) is 6.61 Å². The molecule has 0 radical (unpaired) electrons. The first kappa shape index (κ1) is 10.7. The van der Waals surface area contributed by atoms with E-state index in [0.29, 0.717) is 12.2 Å². The summed E-state index contributed by atoms with van der Waals surface area (Å²) in [4.78, 5) is 16.5. The Balaban J connectivity index is 2.33. The van der Waals surface area contributed by atoms with Gasteiger partial charge in [-0.2, -0.15) is 4.73 Å². The Bertz CT molecular complexity index is 488. The van der Waals surface area contributed by atoms with Gasteiger partial charge in [0.05, 0.1) is 11.7 Å². The van der Waals surface area contributed by atoms with E-state index in [-0.39, 0.29) is 0 Å². The fourth-order valence-electron chi connectivity index (χ4n) is 1.68. The first-order chi connectivity index (χ1) is 7.86. The van der Waals surface area contributed by atoms with Crippen LogP contribution in [0.3, 0.4) is 0 Å². The lowest BCUT2D eigenvalue weighted by Gasteiger charge is -2.06. The lowest BCUT2D eigenvalue weighted by Crippen LogP contribution is -2.11. The fourth-order valence-corrected chi connectivity index (χ4v) is 1.68. The molecule has 3 heteroatoms. The van der Waals surface area contributed by atoms with E-state index in [0.717, 1.165) is 30.0 Å². The average Bonchev–Trinajstić information content (AvgIpc) is 2.68. The summed E-state index contributed by atoms with van der Waals surface area (Å²) in [6, 6.07) is 7.75. The Hall–Kier alpha value is -1.77. The maximum atomic E-state index is 10.9. The Morgan fingerprint density at radius 1 is 1.38 bits per heavy atom. The largest absolute Gasteiger partial charge is 0.414 e. The van der Waals surface area contributed by atoms with Crippen LogP contribution in [-0.4, -0.2) is 17.6 Å². The van der Waals surface area contributed by atoms with Crippen molar-refractivity contribution in [2.45, 2.75) is 19.8 Å². The molecular weight excluding hydrogens is 202 g/mol. The van der Waals surface area contributed by atoms with E-state index >= 15 is 0 Å². The zero-order chi connectivity index (χ0) is 11.4. The third kappa shape index (κ3) is 1.94. The summed E-state index contributed by atoms with van der Waals surface area (Å²) in [5.74, 6) is 0. The molecule has 0 aliphatic carbocycles. The first-order valence-electron chi connectivity index (χ1n) is 5.55. The van der Waals surface area contributed by atoms with Gasteiger partial charge in [0.15, 0.2) is 6.29 Å². The zero-order valence-electron chi connectivity index (χ0n) is 9.35. The molecule has 0 bridgehead atoms. The summed E-state index contributed by atoms with van der Waals surface area (Å²) in [6.07, 6.45) is 4.72. The normalized spacial score (nSPS) is 10.6. The third-order valence-electron chi connectivity index (χ3n) is 2.56. The van der Waals surface area contributed by atoms with Crippen LogP contribution in [0, 0.1) is 0 Å². The van der Waals surface area contributed by atoms with E-state index < -0.39 is 0 Å². The lowest BCUT2D eigenvalue weighted by molar-refractivity contribution is 0.110. The smallest absolute Gasteiger partial charge is 0.152 e. The summed E-state index contributed by atoms with van der Waals surface area (Å²) in [7, 11) is 0. The summed E-state index contributed by atoms with van der Waals surface area (Å²) in [5.41, 5.74) is 1.62. The molecule has 0 fully saturated rings. The van der Waals surface area contributed by atoms with Gasteiger partial charge in [0.2, 0.25) is 0 Å². The highest BCUT2D eigenvalue weighted by Crippen LogP contribution is 2.18. The van der Waals surface area contributed by atoms with Gasteiger partial charge in [-0.25, -0.2) is 0 Å². The predicted octanol–water partition coefficient (Wildman–Crippen LogP) is 2.68. The fraction of sp³-hybridized carbons (Fsp3) is 0.308. The van der Waals surface area contributed by atoms with Gasteiger partial charge >= 0.3 is 0 Å². The van der Waals surface area contributed by atoms with Gasteiger partial charge in [0.25, 0.3) is 0 Å². The van der Waals surface area contributed by atoms with Gasteiger partial charge in [0.1, 0.15) is 6.61 Å². The number of rotatable bonds is 5. The molecule has 84 valence electrons. The molecule has 1 aromatic carbocycles. The van der Waals surface area contributed by atoms with Gasteiger partial charge in [-0.1, -0.05) is 31.5 Å². The number of aldehydes is 1. The molecule has 0 unspecified atom stereocenters. The highest BCUT2D eigenvalue weighted by molar-refractivity contribution is 5.97. The van der Waals surface area contributed by atoms with Crippen LogP contribution in [0.2, 0.25) is 0 Å². The number of hydrogen-bond donors (Lipinski definition) is 0. The Morgan fingerprint density at radius 3 is 2.94 bits per heavy atom. The van der Waals surface area contributed by atoms with Crippen LogP contribution >= 0.6 is 0 Å². The number of benzene rings is 1.